The zero-order valence-electron chi connectivity index (χ0n) is 24.6. The molecule has 7 nitrogen and oxygen atoms in total. The number of pyridine rings is 1. The van der Waals surface area contributed by atoms with Gasteiger partial charge in [-0.3, -0.25) is 0 Å². The Kier molecular flexibility index (Phi) is 6.05. The molecule has 0 aliphatic rings. The molecule has 8 rings (SSSR count). The van der Waals surface area contributed by atoms with Crippen molar-refractivity contribution in [3.63, 3.8) is 0 Å². The number of ether oxygens (including phenoxy) is 3. The largest absolute Gasteiger partial charge is 0.493 e. The van der Waals surface area contributed by atoms with E-state index in [0.717, 1.165) is 71.7 Å². The van der Waals surface area contributed by atoms with Crippen molar-refractivity contribution < 1.29 is 14.2 Å². The summed E-state index contributed by atoms with van der Waals surface area (Å²) in [6, 6.07) is 31.4. The predicted molar refractivity (Wildman–Crippen MR) is 176 cm³/mol. The van der Waals surface area contributed by atoms with Gasteiger partial charge in [0.2, 0.25) is 5.75 Å². The standard InChI is InChI=1S/C37H30N4O3/c1-42-32-16-21(17-33(43-2)37(32)44-3)35-36-25(22-10-6-9-15-30(22)40-36)18-31(41-35)34(26-19-38-28-13-7-4-11-23(26)28)27-20-39-29-14-8-5-12-24(27)29/h4-20,34,38-40H,1-3H3. The van der Waals surface area contributed by atoms with E-state index in [2.05, 4.69) is 100 Å². The van der Waals surface area contributed by atoms with Crippen molar-refractivity contribution >= 4 is 43.6 Å². The second-order valence-electron chi connectivity index (χ2n) is 10.9. The lowest BCUT2D eigenvalue weighted by Gasteiger charge is -2.19. The number of aromatic nitrogens is 4. The highest BCUT2D eigenvalue weighted by Crippen LogP contribution is 2.45. The smallest absolute Gasteiger partial charge is 0.203 e. The number of nitrogens with one attached hydrogen (secondary N) is 3. The quantitative estimate of drug-likeness (QED) is 0.177. The van der Waals surface area contributed by atoms with Gasteiger partial charge in [0.15, 0.2) is 11.5 Å². The molecule has 0 bridgehead atoms. The van der Waals surface area contributed by atoms with Crippen molar-refractivity contribution in [1.82, 2.24) is 19.9 Å². The molecule has 0 radical (unpaired) electrons. The monoisotopic (exact) mass is 578 g/mol. The van der Waals surface area contributed by atoms with Crippen molar-refractivity contribution in [1.29, 1.82) is 0 Å². The van der Waals surface area contributed by atoms with Crippen LogP contribution < -0.4 is 14.2 Å². The predicted octanol–water partition coefficient (Wildman–Crippen LogP) is 8.55. The van der Waals surface area contributed by atoms with Crippen molar-refractivity contribution in [2.45, 2.75) is 5.92 Å². The Morgan fingerprint density at radius 3 is 1.70 bits per heavy atom. The number of rotatable bonds is 7. The molecule has 44 heavy (non-hydrogen) atoms. The molecule has 216 valence electrons. The van der Waals surface area contributed by atoms with Gasteiger partial charge in [-0.1, -0.05) is 54.6 Å². The average molecular weight is 579 g/mol. The maximum Gasteiger partial charge on any atom is 0.203 e. The summed E-state index contributed by atoms with van der Waals surface area (Å²) in [5.41, 5.74) is 9.08. The van der Waals surface area contributed by atoms with E-state index >= 15 is 0 Å². The van der Waals surface area contributed by atoms with E-state index in [4.69, 9.17) is 19.2 Å². The first-order chi connectivity index (χ1) is 21.7. The zero-order chi connectivity index (χ0) is 29.8. The Bertz CT molecular complexity index is 2230. The Hall–Kier alpha value is -5.69. The number of hydrogen-bond acceptors (Lipinski definition) is 4. The van der Waals surface area contributed by atoms with Gasteiger partial charge >= 0.3 is 0 Å². The van der Waals surface area contributed by atoms with Gasteiger partial charge in [-0.25, -0.2) is 4.98 Å². The molecule has 0 atom stereocenters. The van der Waals surface area contributed by atoms with Crippen LogP contribution in [-0.4, -0.2) is 41.3 Å². The summed E-state index contributed by atoms with van der Waals surface area (Å²) >= 11 is 0. The number of hydrogen-bond donors (Lipinski definition) is 3. The van der Waals surface area contributed by atoms with Gasteiger partial charge in [-0.05, 0) is 47.5 Å². The number of H-pyrrole nitrogens is 3. The molecule has 0 saturated carbocycles. The van der Waals surface area contributed by atoms with Crippen LogP contribution in [-0.2, 0) is 0 Å². The van der Waals surface area contributed by atoms with Crippen LogP contribution in [0.1, 0.15) is 22.7 Å². The fourth-order valence-electron chi connectivity index (χ4n) is 6.59. The topological polar surface area (TPSA) is 88.0 Å². The highest BCUT2D eigenvalue weighted by Gasteiger charge is 2.27. The zero-order valence-corrected chi connectivity index (χ0v) is 24.6. The van der Waals surface area contributed by atoms with E-state index in [1.807, 2.05) is 18.2 Å². The molecule has 4 aromatic carbocycles. The molecular weight excluding hydrogens is 548 g/mol. The minimum Gasteiger partial charge on any atom is -0.493 e. The number of nitrogens with zero attached hydrogens (tertiary/aromatic N) is 1. The van der Waals surface area contributed by atoms with E-state index in [1.54, 1.807) is 21.3 Å². The highest BCUT2D eigenvalue weighted by atomic mass is 16.5. The molecule has 4 aromatic heterocycles. The van der Waals surface area contributed by atoms with Crippen LogP contribution in [0.3, 0.4) is 0 Å². The van der Waals surface area contributed by atoms with Crippen molar-refractivity contribution in [2.24, 2.45) is 0 Å². The molecule has 4 heterocycles. The van der Waals surface area contributed by atoms with Gasteiger partial charge in [-0.2, -0.15) is 0 Å². The molecule has 0 aliphatic heterocycles. The minimum absolute atomic E-state index is 0.166. The first-order valence-corrected chi connectivity index (χ1v) is 14.5. The Morgan fingerprint density at radius 2 is 1.14 bits per heavy atom. The molecule has 0 amide bonds. The van der Waals surface area contributed by atoms with Gasteiger partial charge in [0, 0.05) is 56.1 Å². The lowest BCUT2D eigenvalue weighted by Crippen LogP contribution is -2.06. The van der Waals surface area contributed by atoms with Gasteiger partial charge < -0.3 is 29.2 Å². The third-order valence-electron chi connectivity index (χ3n) is 8.61. The number of fused-ring (bicyclic) bond motifs is 5. The molecule has 0 spiro atoms. The van der Waals surface area contributed by atoms with Crippen LogP contribution in [0.25, 0.3) is 54.9 Å². The van der Waals surface area contributed by atoms with Gasteiger partial charge in [0.05, 0.1) is 44.2 Å². The van der Waals surface area contributed by atoms with Crippen molar-refractivity contribution in [3.8, 4) is 28.5 Å². The molecule has 0 fully saturated rings. The van der Waals surface area contributed by atoms with Crippen LogP contribution in [0.15, 0.2) is 103 Å². The lowest BCUT2D eigenvalue weighted by atomic mass is 9.86. The van der Waals surface area contributed by atoms with Crippen LogP contribution >= 0.6 is 0 Å². The Morgan fingerprint density at radius 1 is 0.591 bits per heavy atom. The number of para-hydroxylation sites is 3. The average Bonchev–Trinajstić information content (AvgIpc) is 3.80. The molecule has 3 N–H and O–H groups in total. The van der Waals surface area contributed by atoms with E-state index in [9.17, 15) is 0 Å². The third kappa shape index (κ3) is 3.93. The Labute approximate surface area is 253 Å². The van der Waals surface area contributed by atoms with Crippen LogP contribution in [0, 0.1) is 0 Å². The third-order valence-corrected chi connectivity index (χ3v) is 8.61. The van der Waals surface area contributed by atoms with Crippen LogP contribution in [0.4, 0.5) is 0 Å². The van der Waals surface area contributed by atoms with E-state index in [-0.39, 0.29) is 5.92 Å². The van der Waals surface area contributed by atoms with Crippen molar-refractivity contribution in [2.75, 3.05) is 21.3 Å². The molecule has 0 saturated heterocycles. The second-order valence-corrected chi connectivity index (χ2v) is 10.9. The Balaban J connectivity index is 1.48. The van der Waals surface area contributed by atoms with Gasteiger partial charge in [-0.15, -0.1) is 0 Å². The number of benzene rings is 4. The van der Waals surface area contributed by atoms with E-state index < -0.39 is 0 Å². The molecule has 8 aromatic rings. The summed E-state index contributed by atoms with van der Waals surface area (Å²) in [6.45, 7) is 0. The number of methoxy groups -OCH3 is 3. The summed E-state index contributed by atoms with van der Waals surface area (Å²) in [6.07, 6.45) is 4.24. The van der Waals surface area contributed by atoms with Crippen LogP contribution in [0.2, 0.25) is 0 Å². The molecular formula is C37H30N4O3. The summed E-state index contributed by atoms with van der Waals surface area (Å²) in [7, 11) is 4.88. The summed E-state index contributed by atoms with van der Waals surface area (Å²) in [5.74, 6) is 1.52. The molecule has 7 heteroatoms. The summed E-state index contributed by atoms with van der Waals surface area (Å²) < 4.78 is 17.1. The van der Waals surface area contributed by atoms with Crippen LogP contribution in [0.5, 0.6) is 17.2 Å². The van der Waals surface area contributed by atoms with Gasteiger partial charge in [0.1, 0.15) is 0 Å². The second kappa shape index (κ2) is 10.2. The maximum absolute atomic E-state index is 5.75. The normalized spacial score (nSPS) is 11.7. The number of aromatic amines is 3. The van der Waals surface area contributed by atoms with Crippen molar-refractivity contribution in [3.05, 3.63) is 120 Å². The first kappa shape index (κ1) is 26.0. The first-order valence-electron chi connectivity index (χ1n) is 14.5. The SMILES string of the molecule is COc1cc(-c2nc(C(c3c[nH]c4ccccc34)c3c[nH]c4ccccc34)cc3c2[nH]c2ccccc23)cc(OC)c1OC. The molecule has 0 aliphatic carbocycles. The molecule has 0 unspecified atom stereocenters. The maximum atomic E-state index is 5.75. The van der Waals surface area contributed by atoms with Gasteiger partial charge in [0.25, 0.3) is 0 Å². The lowest BCUT2D eigenvalue weighted by molar-refractivity contribution is 0.324. The van der Waals surface area contributed by atoms with E-state index in [1.165, 1.54) is 0 Å². The fourth-order valence-corrected chi connectivity index (χ4v) is 6.59. The highest BCUT2D eigenvalue weighted by molar-refractivity contribution is 6.11. The minimum atomic E-state index is -0.166. The van der Waals surface area contributed by atoms with E-state index in [0.29, 0.717) is 17.2 Å². The summed E-state index contributed by atoms with van der Waals surface area (Å²) in [4.78, 5) is 16.2. The summed E-state index contributed by atoms with van der Waals surface area (Å²) in [5, 5.41) is 4.56. The fraction of sp³-hybridized carbons (Fsp3) is 0.108.